The van der Waals surface area contributed by atoms with Gasteiger partial charge >= 0.3 is 0 Å². The summed E-state index contributed by atoms with van der Waals surface area (Å²) in [6, 6.07) is 27.0. The standard InChI is InChI=1S/C36H39Cl2N3O4S/c1-4-5-21-39-36(43)34(23-28-11-7-6-8-12-28)40(24-29-13-9-14-30(37)22-29)35(42)25-41(33-16-10-15-32(38)27(33)3)46(44,45)31-19-17-26(2)18-20-31/h6-20,22,34H,4-5,21,23-25H2,1-3H3,(H,39,43)/t34-/m1/s1. The normalized spacial score (nSPS) is 11.9. The number of benzene rings is 4. The monoisotopic (exact) mass is 679 g/mol. The van der Waals surface area contributed by atoms with Gasteiger partial charge in [0.15, 0.2) is 0 Å². The Morgan fingerprint density at radius 3 is 2.20 bits per heavy atom. The third kappa shape index (κ3) is 8.90. The molecule has 0 spiro atoms. The molecular weight excluding hydrogens is 641 g/mol. The van der Waals surface area contributed by atoms with Gasteiger partial charge in [-0.25, -0.2) is 8.42 Å². The van der Waals surface area contributed by atoms with Crippen molar-refractivity contribution in [2.45, 2.75) is 57.5 Å². The molecule has 7 nitrogen and oxygen atoms in total. The maximum Gasteiger partial charge on any atom is 0.264 e. The first-order chi connectivity index (χ1) is 22.0. The summed E-state index contributed by atoms with van der Waals surface area (Å²) in [4.78, 5) is 29.9. The first-order valence-corrected chi connectivity index (χ1v) is 17.4. The molecule has 0 aliphatic rings. The zero-order valence-corrected chi connectivity index (χ0v) is 28.6. The summed E-state index contributed by atoms with van der Waals surface area (Å²) < 4.78 is 29.6. The average molecular weight is 681 g/mol. The van der Waals surface area contributed by atoms with Crippen molar-refractivity contribution >= 4 is 50.7 Å². The van der Waals surface area contributed by atoms with E-state index in [-0.39, 0.29) is 29.5 Å². The van der Waals surface area contributed by atoms with Crippen LogP contribution in [-0.2, 0) is 32.6 Å². The number of hydrogen-bond donors (Lipinski definition) is 1. The highest BCUT2D eigenvalue weighted by Crippen LogP contribution is 2.31. The van der Waals surface area contributed by atoms with Gasteiger partial charge in [-0.3, -0.25) is 13.9 Å². The Bertz CT molecular complexity index is 1750. The van der Waals surface area contributed by atoms with Crippen LogP contribution in [0.2, 0.25) is 10.0 Å². The number of unbranched alkanes of at least 4 members (excludes halogenated alkanes) is 1. The highest BCUT2D eigenvalue weighted by atomic mass is 35.5. The van der Waals surface area contributed by atoms with Crippen LogP contribution in [0.4, 0.5) is 5.69 Å². The van der Waals surface area contributed by atoms with Gasteiger partial charge in [0.1, 0.15) is 12.6 Å². The largest absolute Gasteiger partial charge is 0.354 e. The van der Waals surface area contributed by atoms with E-state index < -0.39 is 28.5 Å². The number of carbonyl (C=O) groups excluding carboxylic acids is 2. The molecular formula is C36H39Cl2N3O4S. The molecule has 1 N–H and O–H groups in total. The van der Waals surface area contributed by atoms with E-state index in [0.29, 0.717) is 27.7 Å². The molecule has 0 radical (unpaired) electrons. The van der Waals surface area contributed by atoms with Crippen molar-refractivity contribution in [1.82, 2.24) is 10.2 Å². The zero-order chi connectivity index (χ0) is 33.3. The quantitative estimate of drug-likeness (QED) is 0.141. The van der Waals surface area contributed by atoms with Crippen LogP contribution in [0.1, 0.15) is 42.0 Å². The van der Waals surface area contributed by atoms with Gasteiger partial charge < -0.3 is 10.2 Å². The second kappa shape index (κ2) is 16.1. The summed E-state index contributed by atoms with van der Waals surface area (Å²) in [5, 5.41) is 3.84. The van der Waals surface area contributed by atoms with Crippen molar-refractivity contribution in [2.75, 3.05) is 17.4 Å². The van der Waals surface area contributed by atoms with E-state index in [1.165, 1.54) is 17.0 Å². The molecule has 10 heteroatoms. The number of carbonyl (C=O) groups is 2. The summed E-state index contributed by atoms with van der Waals surface area (Å²) >= 11 is 12.8. The summed E-state index contributed by atoms with van der Waals surface area (Å²) in [7, 11) is -4.24. The van der Waals surface area contributed by atoms with Crippen molar-refractivity contribution in [2.24, 2.45) is 0 Å². The van der Waals surface area contributed by atoms with Crippen LogP contribution in [0.3, 0.4) is 0 Å². The highest BCUT2D eigenvalue weighted by Gasteiger charge is 2.35. The second-order valence-corrected chi connectivity index (χ2v) is 13.9. The number of aryl methyl sites for hydroxylation is 1. The van der Waals surface area contributed by atoms with Gasteiger partial charge in [-0.15, -0.1) is 0 Å². The SMILES string of the molecule is CCCCNC(=O)[C@@H](Cc1ccccc1)N(Cc1cccc(Cl)c1)C(=O)CN(c1cccc(Cl)c1C)S(=O)(=O)c1ccc(C)cc1. The number of nitrogens with zero attached hydrogens (tertiary/aromatic N) is 2. The molecule has 0 bridgehead atoms. The Kier molecular flexibility index (Phi) is 12.3. The van der Waals surface area contributed by atoms with Gasteiger partial charge in [-0.05, 0) is 73.4 Å². The average Bonchev–Trinajstić information content (AvgIpc) is 3.03. The molecule has 46 heavy (non-hydrogen) atoms. The molecule has 0 saturated heterocycles. The van der Waals surface area contributed by atoms with Gasteiger partial charge in [0, 0.05) is 29.6 Å². The fraction of sp³-hybridized carbons (Fsp3) is 0.278. The van der Waals surface area contributed by atoms with Gasteiger partial charge in [-0.2, -0.15) is 0 Å². The third-order valence-corrected chi connectivity index (χ3v) is 10.2. The van der Waals surface area contributed by atoms with Gasteiger partial charge in [0.05, 0.1) is 10.6 Å². The maximum atomic E-state index is 14.6. The summed E-state index contributed by atoms with van der Waals surface area (Å²) in [6.45, 7) is 5.53. The molecule has 2 amide bonds. The zero-order valence-electron chi connectivity index (χ0n) is 26.2. The van der Waals surface area contributed by atoms with E-state index in [0.717, 1.165) is 28.3 Å². The van der Waals surface area contributed by atoms with E-state index in [9.17, 15) is 18.0 Å². The Morgan fingerprint density at radius 2 is 1.52 bits per heavy atom. The van der Waals surface area contributed by atoms with Gasteiger partial charge in [0.25, 0.3) is 10.0 Å². The molecule has 0 heterocycles. The Balaban J connectivity index is 1.82. The summed E-state index contributed by atoms with van der Waals surface area (Å²) in [6.07, 6.45) is 1.90. The first-order valence-electron chi connectivity index (χ1n) is 15.2. The molecule has 0 saturated carbocycles. The molecule has 0 aromatic heterocycles. The molecule has 0 fully saturated rings. The minimum absolute atomic E-state index is 0.0322. The van der Waals surface area contributed by atoms with Crippen LogP contribution in [0.5, 0.6) is 0 Å². The fourth-order valence-corrected chi connectivity index (χ4v) is 6.96. The first kappa shape index (κ1) is 35.0. The lowest BCUT2D eigenvalue weighted by atomic mass is 10.0. The molecule has 0 aliphatic heterocycles. The van der Waals surface area contributed by atoms with Crippen LogP contribution < -0.4 is 9.62 Å². The summed E-state index contributed by atoms with van der Waals surface area (Å²) in [5.74, 6) is -0.874. The number of hydrogen-bond acceptors (Lipinski definition) is 4. The number of nitrogens with one attached hydrogen (secondary N) is 1. The van der Waals surface area contributed by atoms with Crippen molar-refractivity contribution in [3.05, 3.63) is 129 Å². The molecule has 4 rings (SSSR count). The van der Waals surface area contributed by atoms with Gasteiger partial charge in [0.2, 0.25) is 11.8 Å². The Morgan fingerprint density at radius 1 is 0.848 bits per heavy atom. The smallest absolute Gasteiger partial charge is 0.264 e. The van der Waals surface area contributed by atoms with Crippen LogP contribution in [0.25, 0.3) is 0 Å². The topological polar surface area (TPSA) is 86.8 Å². The second-order valence-electron chi connectivity index (χ2n) is 11.2. The predicted molar refractivity (Wildman–Crippen MR) is 186 cm³/mol. The van der Waals surface area contributed by atoms with Gasteiger partial charge in [-0.1, -0.05) is 103 Å². The third-order valence-electron chi connectivity index (χ3n) is 7.74. The minimum Gasteiger partial charge on any atom is -0.354 e. The van der Waals surface area contributed by atoms with Crippen LogP contribution in [-0.4, -0.2) is 44.3 Å². The molecule has 242 valence electrons. The van der Waals surface area contributed by atoms with Crippen LogP contribution in [0, 0.1) is 13.8 Å². The van der Waals surface area contributed by atoms with Crippen molar-refractivity contribution in [1.29, 1.82) is 0 Å². The van der Waals surface area contributed by atoms with E-state index in [2.05, 4.69) is 5.32 Å². The molecule has 1 atom stereocenters. The Hall–Kier alpha value is -3.85. The number of halogens is 2. The number of sulfonamides is 1. The van der Waals surface area contributed by atoms with Crippen LogP contribution in [0.15, 0.2) is 102 Å². The van der Waals surface area contributed by atoms with E-state index in [1.807, 2.05) is 50.2 Å². The number of rotatable bonds is 14. The van der Waals surface area contributed by atoms with E-state index in [4.69, 9.17) is 23.2 Å². The Labute approximate surface area is 282 Å². The molecule has 0 unspecified atom stereocenters. The fourth-order valence-electron chi connectivity index (χ4n) is 5.11. The highest BCUT2D eigenvalue weighted by molar-refractivity contribution is 7.92. The maximum absolute atomic E-state index is 14.6. The van der Waals surface area contributed by atoms with Crippen LogP contribution >= 0.6 is 23.2 Å². The van der Waals surface area contributed by atoms with Crippen molar-refractivity contribution in [3.8, 4) is 0 Å². The number of anilines is 1. The number of amides is 2. The minimum atomic E-state index is -4.24. The predicted octanol–water partition coefficient (Wildman–Crippen LogP) is 7.36. The van der Waals surface area contributed by atoms with E-state index in [1.54, 1.807) is 55.5 Å². The molecule has 0 aliphatic carbocycles. The van der Waals surface area contributed by atoms with Crippen molar-refractivity contribution < 1.29 is 18.0 Å². The summed E-state index contributed by atoms with van der Waals surface area (Å²) in [5.41, 5.74) is 3.23. The molecule has 4 aromatic rings. The lowest BCUT2D eigenvalue weighted by Gasteiger charge is -2.34. The van der Waals surface area contributed by atoms with Crippen molar-refractivity contribution in [3.63, 3.8) is 0 Å². The lowest BCUT2D eigenvalue weighted by Crippen LogP contribution is -2.53. The lowest BCUT2D eigenvalue weighted by molar-refractivity contribution is -0.140. The molecule has 4 aromatic carbocycles. The van der Waals surface area contributed by atoms with E-state index >= 15 is 0 Å².